The number of aliphatic imine (C=N–C) groups is 1. The van der Waals surface area contributed by atoms with Gasteiger partial charge in [0, 0.05) is 11.9 Å². The van der Waals surface area contributed by atoms with Gasteiger partial charge in [0.05, 0.1) is 0 Å². The van der Waals surface area contributed by atoms with Crippen LogP contribution in [0.1, 0.15) is 18.1 Å². The Morgan fingerprint density at radius 3 is 2.56 bits per heavy atom. The van der Waals surface area contributed by atoms with Gasteiger partial charge in [-0.1, -0.05) is 49.6 Å². The summed E-state index contributed by atoms with van der Waals surface area (Å²) in [6, 6.07) is 8.32. The Hall–Kier alpha value is -2.15. The Balaban J connectivity index is 2.99. The molecule has 18 heavy (non-hydrogen) atoms. The number of hydrogen-bond acceptors (Lipinski definition) is 1. The van der Waals surface area contributed by atoms with Gasteiger partial charge in [-0.2, -0.15) is 0 Å². The van der Waals surface area contributed by atoms with Gasteiger partial charge in [-0.15, -0.1) is 6.58 Å². The second-order valence-corrected chi connectivity index (χ2v) is 3.95. The van der Waals surface area contributed by atoms with Crippen molar-refractivity contribution in [2.75, 3.05) is 0 Å². The van der Waals surface area contributed by atoms with E-state index in [4.69, 9.17) is 0 Å². The third-order valence-electron chi connectivity index (χ3n) is 2.60. The van der Waals surface area contributed by atoms with Crippen molar-refractivity contribution < 1.29 is 0 Å². The predicted octanol–water partition coefficient (Wildman–Crippen LogP) is 4.48. The largest absolute Gasteiger partial charge is 0.260 e. The first-order valence-corrected chi connectivity index (χ1v) is 5.91. The Labute approximate surface area is 110 Å². The summed E-state index contributed by atoms with van der Waals surface area (Å²) in [6.45, 7) is 13.1. The Morgan fingerprint density at radius 2 is 1.94 bits per heavy atom. The number of nitrogens with zero attached hydrogens (tertiary/aromatic N) is 1. The highest BCUT2D eigenvalue weighted by atomic mass is 14.7. The molecule has 1 aromatic carbocycles. The molecule has 0 fully saturated rings. The van der Waals surface area contributed by atoms with Gasteiger partial charge in [0.25, 0.3) is 0 Å². The topological polar surface area (TPSA) is 12.4 Å². The van der Waals surface area contributed by atoms with Crippen LogP contribution in [0.3, 0.4) is 0 Å². The molecular formula is C17H19N. The smallest absolute Gasteiger partial charge is 0.0445 e. The number of hydrogen-bond donors (Lipinski definition) is 0. The molecule has 0 aliphatic rings. The van der Waals surface area contributed by atoms with Crippen molar-refractivity contribution in [1.29, 1.82) is 0 Å². The lowest BCUT2D eigenvalue weighted by Crippen LogP contribution is -1.95. The molecule has 1 nitrogen and oxygen atoms in total. The third-order valence-corrected chi connectivity index (χ3v) is 2.60. The molecule has 0 unspecified atom stereocenters. The van der Waals surface area contributed by atoms with Crippen LogP contribution in [0.4, 0.5) is 0 Å². The van der Waals surface area contributed by atoms with E-state index in [1.807, 2.05) is 19.1 Å². The summed E-state index contributed by atoms with van der Waals surface area (Å²) in [5.41, 5.74) is 4.26. The molecule has 0 saturated carbocycles. The highest BCUT2D eigenvalue weighted by Gasteiger charge is 1.97. The fourth-order valence-electron chi connectivity index (χ4n) is 1.52. The van der Waals surface area contributed by atoms with Crippen LogP contribution in [0.15, 0.2) is 79.0 Å². The molecule has 1 aromatic rings. The summed E-state index contributed by atoms with van der Waals surface area (Å²) in [7, 11) is 0. The molecule has 0 saturated heterocycles. The van der Waals surface area contributed by atoms with Crippen molar-refractivity contribution in [3.05, 3.63) is 85.1 Å². The van der Waals surface area contributed by atoms with Gasteiger partial charge in [-0.3, -0.25) is 4.99 Å². The molecule has 0 amide bonds. The average Bonchev–Trinajstić information content (AvgIpc) is 2.40. The lowest BCUT2D eigenvalue weighted by Gasteiger charge is -2.02. The highest BCUT2D eigenvalue weighted by molar-refractivity contribution is 5.99. The van der Waals surface area contributed by atoms with Crippen molar-refractivity contribution in [3.63, 3.8) is 0 Å². The van der Waals surface area contributed by atoms with Crippen LogP contribution in [0.5, 0.6) is 0 Å². The molecule has 1 heteroatoms. The van der Waals surface area contributed by atoms with Crippen LogP contribution in [0.2, 0.25) is 0 Å². The van der Waals surface area contributed by atoms with E-state index in [1.54, 1.807) is 18.4 Å². The maximum atomic E-state index is 4.42. The first kappa shape index (κ1) is 13.9. The molecule has 0 N–H and O–H groups in total. The van der Waals surface area contributed by atoms with Gasteiger partial charge >= 0.3 is 0 Å². The quantitative estimate of drug-likeness (QED) is 0.393. The monoisotopic (exact) mass is 237 g/mol. The third kappa shape index (κ3) is 4.02. The van der Waals surface area contributed by atoms with E-state index >= 15 is 0 Å². The van der Waals surface area contributed by atoms with Gasteiger partial charge in [-0.05, 0) is 36.1 Å². The van der Waals surface area contributed by atoms with E-state index in [-0.39, 0.29) is 0 Å². The first-order valence-electron chi connectivity index (χ1n) is 5.91. The Bertz CT molecular complexity index is 494. The summed E-state index contributed by atoms with van der Waals surface area (Å²) < 4.78 is 0. The molecule has 0 radical (unpaired) electrons. The maximum Gasteiger partial charge on any atom is 0.0445 e. The molecule has 0 atom stereocenters. The molecule has 0 aromatic heterocycles. The van der Waals surface area contributed by atoms with Gasteiger partial charge in [0.1, 0.15) is 0 Å². The molecule has 0 bridgehead atoms. The zero-order valence-corrected chi connectivity index (χ0v) is 10.9. The van der Waals surface area contributed by atoms with Crippen LogP contribution < -0.4 is 0 Å². The van der Waals surface area contributed by atoms with Crippen molar-refractivity contribution in [2.45, 2.75) is 13.3 Å². The minimum atomic E-state index is 0.877. The van der Waals surface area contributed by atoms with Gasteiger partial charge in [-0.25, -0.2) is 0 Å². The minimum Gasteiger partial charge on any atom is -0.260 e. The van der Waals surface area contributed by atoms with Crippen LogP contribution >= 0.6 is 0 Å². The summed E-state index contributed by atoms with van der Waals surface area (Å²) in [4.78, 5) is 4.42. The summed E-state index contributed by atoms with van der Waals surface area (Å²) in [5, 5.41) is 0. The van der Waals surface area contributed by atoms with E-state index in [2.05, 4.69) is 42.9 Å². The molecule has 92 valence electrons. The van der Waals surface area contributed by atoms with E-state index < -0.39 is 0 Å². The van der Waals surface area contributed by atoms with E-state index in [0.717, 1.165) is 23.3 Å². The van der Waals surface area contributed by atoms with Crippen LogP contribution in [0, 0.1) is 0 Å². The lowest BCUT2D eigenvalue weighted by atomic mass is 10.1. The Morgan fingerprint density at radius 1 is 1.22 bits per heavy atom. The van der Waals surface area contributed by atoms with Crippen LogP contribution in [-0.4, -0.2) is 5.71 Å². The zero-order valence-electron chi connectivity index (χ0n) is 10.9. The van der Waals surface area contributed by atoms with Crippen LogP contribution in [0.25, 0.3) is 0 Å². The first-order chi connectivity index (χ1) is 8.71. The van der Waals surface area contributed by atoms with Crippen molar-refractivity contribution in [2.24, 2.45) is 4.99 Å². The lowest BCUT2D eigenvalue weighted by molar-refractivity contribution is 1.27. The highest BCUT2D eigenvalue weighted by Crippen LogP contribution is 2.08. The molecule has 0 aliphatic carbocycles. The summed E-state index contributed by atoms with van der Waals surface area (Å²) >= 11 is 0. The van der Waals surface area contributed by atoms with Gasteiger partial charge in [0.15, 0.2) is 0 Å². The Kier molecular flexibility index (Phi) is 5.59. The summed E-state index contributed by atoms with van der Waals surface area (Å²) in [6.07, 6.45) is 8.02. The fourth-order valence-corrected chi connectivity index (χ4v) is 1.52. The second-order valence-electron chi connectivity index (χ2n) is 3.95. The predicted molar refractivity (Wildman–Crippen MR) is 81.0 cm³/mol. The molecular weight excluding hydrogens is 218 g/mol. The number of benzene rings is 1. The fraction of sp³-hybridized carbons (Fsp3) is 0.118. The second kappa shape index (κ2) is 7.23. The molecule has 0 spiro atoms. The zero-order chi connectivity index (χ0) is 13.4. The average molecular weight is 237 g/mol. The van der Waals surface area contributed by atoms with Crippen molar-refractivity contribution in [3.8, 4) is 0 Å². The number of allylic oxidation sites excluding steroid dienone is 4. The van der Waals surface area contributed by atoms with Crippen molar-refractivity contribution in [1.82, 2.24) is 0 Å². The van der Waals surface area contributed by atoms with Crippen LogP contribution in [-0.2, 0) is 6.42 Å². The summed E-state index contributed by atoms with van der Waals surface area (Å²) in [5.74, 6) is 0. The van der Waals surface area contributed by atoms with Gasteiger partial charge < -0.3 is 0 Å². The normalized spacial score (nSPS) is 10.6. The molecule has 0 aliphatic heterocycles. The van der Waals surface area contributed by atoms with E-state index in [0.29, 0.717) is 0 Å². The molecule has 1 rings (SSSR count). The standard InChI is InChI=1S/C17H19N/c1-5-9-16-10-8-11-17(12-16)14(4)18-13-15(6-2)7-3/h5-8,10-13H,1-3,9H2,4H3. The maximum absolute atomic E-state index is 4.42. The van der Waals surface area contributed by atoms with E-state index in [9.17, 15) is 0 Å². The minimum absolute atomic E-state index is 0.877. The molecule has 0 heterocycles. The SMILES string of the molecule is C=CCc1cccc(C(C)=NC=C(C=C)C=C)c1. The van der Waals surface area contributed by atoms with Crippen molar-refractivity contribution >= 4 is 5.71 Å². The number of rotatable bonds is 6. The van der Waals surface area contributed by atoms with Gasteiger partial charge in [0.2, 0.25) is 0 Å². The van der Waals surface area contributed by atoms with E-state index in [1.165, 1.54) is 5.56 Å².